The first kappa shape index (κ1) is 20.3. The fraction of sp³-hybridized carbons (Fsp3) is 0.750. The predicted octanol–water partition coefficient (Wildman–Crippen LogP) is 7.88. The van der Waals surface area contributed by atoms with E-state index in [1.54, 1.807) is 5.57 Å². The van der Waals surface area contributed by atoms with Gasteiger partial charge in [-0.05, 0) is 68.9 Å². The molecule has 0 spiro atoms. The summed E-state index contributed by atoms with van der Waals surface area (Å²) < 4.78 is 6.62. The van der Waals surface area contributed by atoms with Crippen LogP contribution in [-0.4, -0.2) is 5.60 Å². The van der Waals surface area contributed by atoms with Crippen LogP contribution in [-0.2, 0) is 4.74 Å². The molecule has 1 nitrogen and oxygen atoms in total. The molecule has 1 saturated carbocycles. The molecule has 0 aromatic heterocycles. The number of hydrogen-bond acceptors (Lipinski definition) is 1. The zero-order chi connectivity index (χ0) is 18.3. The average Bonchev–Trinajstić information content (AvgIpc) is 3.29. The summed E-state index contributed by atoms with van der Waals surface area (Å²) in [5, 5.41) is 0. The van der Waals surface area contributed by atoms with E-state index in [9.17, 15) is 0 Å². The van der Waals surface area contributed by atoms with E-state index in [0.29, 0.717) is 5.41 Å². The highest BCUT2D eigenvalue weighted by atomic mass is 16.5. The van der Waals surface area contributed by atoms with E-state index >= 15 is 0 Å². The molecule has 0 heterocycles. The maximum absolute atomic E-state index is 6.62. The molecule has 0 saturated heterocycles. The standard InChI is InChI=1S/C24H40O/c1-6-7-8-9-10-13-21(15-16-23(3,4)5)24(17-18-24)25-22-14-11-12-20(2)19-22/h12-13,19H,6-11,14-18H2,1-5H3. The molecule has 2 aliphatic carbocycles. The maximum Gasteiger partial charge on any atom is 0.130 e. The van der Waals surface area contributed by atoms with Gasteiger partial charge in [0.2, 0.25) is 0 Å². The van der Waals surface area contributed by atoms with Crippen LogP contribution in [0.2, 0.25) is 0 Å². The molecular formula is C24H40O. The molecule has 142 valence electrons. The van der Waals surface area contributed by atoms with Crippen LogP contribution in [0.5, 0.6) is 0 Å². The van der Waals surface area contributed by atoms with Crippen LogP contribution >= 0.6 is 0 Å². The van der Waals surface area contributed by atoms with Crippen LogP contribution in [0.3, 0.4) is 0 Å². The Bertz CT molecular complexity index is 509. The highest BCUT2D eigenvalue weighted by Crippen LogP contribution is 2.50. The van der Waals surface area contributed by atoms with E-state index in [1.807, 2.05) is 0 Å². The Labute approximate surface area is 156 Å². The van der Waals surface area contributed by atoms with E-state index in [0.717, 1.165) is 12.8 Å². The van der Waals surface area contributed by atoms with Gasteiger partial charge in [0, 0.05) is 6.42 Å². The smallest absolute Gasteiger partial charge is 0.130 e. The summed E-state index contributed by atoms with van der Waals surface area (Å²) in [7, 11) is 0. The molecule has 2 aliphatic rings. The third kappa shape index (κ3) is 7.04. The monoisotopic (exact) mass is 344 g/mol. The van der Waals surface area contributed by atoms with Gasteiger partial charge in [-0.3, -0.25) is 0 Å². The normalized spacial score (nSPS) is 20.1. The van der Waals surface area contributed by atoms with Crippen molar-refractivity contribution >= 4 is 0 Å². The lowest BCUT2D eigenvalue weighted by Crippen LogP contribution is -2.20. The van der Waals surface area contributed by atoms with Crippen molar-refractivity contribution in [2.45, 2.75) is 111 Å². The first-order valence-electron chi connectivity index (χ1n) is 10.6. The van der Waals surface area contributed by atoms with Crippen molar-refractivity contribution in [2.24, 2.45) is 5.41 Å². The minimum atomic E-state index is 0.0411. The van der Waals surface area contributed by atoms with E-state index < -0.39 is 0 Å². The molecule has 25 heavy (non-hydrogen) atoms. The van der Waals surface area contributed by atoms with Crippen LogP contribution in [0, 0.1) is 5.41 Å². The minimum absolute atomic E-state index is 0.0411. The number of allylic oxidation sites excluding steroid dienone is 5. The lowest BCUT2D eigenvalue weighted by Gasteiger charge is -2.27. The number of ether oxygens (including phenoxy) is 1. The summed E-state index contributed by atoms with van der Waals surface area (Å²) in [6.07, 6.45) is 20.8. The van der Waals surface area contributed by atoms with Crippen LogP contribution in [0.1, 0.15) is 105 Å². The number of hydrogen-bond donors (Lipinski definition) is 0. The molecule has 0 bridgehead atoms. The van der Waals surface area contributed by atoms with Crippen molar-refractivity contribution in [1.82, 2.24) is 0 Å². The minimum Gasteiger partial charge on any atom is -0.487 e. The Morgan fingerprint density at radius 2 is 1.96 bits per heavy atom. The lowest BCUT2D eigenvalue weighted by atomic mass is 9.86. The van der Waals surface area contributed by atoms with Gasteiger partial charge in [0.1, 0.15) is 5.60 Å². The summed E-state index contributed by atoms with van der Waals surface area (Å²) >= 11 is 0. The average molecular weight is 345 g/mol. The predicted molar refractivity (Wildman–Crippen MR) is 110 cm³/mol. The quantitative estimate of drug-likeness (QED) is 0.289. The SMILES string of the molecule is CCCCCCC=C(CCC(C)(C)C)C1(OC2=CC(C)=CCC2)CC1. The Morgan fingerprint density at radius 3 is 2.56 bits per heavy atom. The van der Waals surface area contributed by atoms with Gasteiger partial charge < -0.3 is 4.74 Å². The van der Waals surface area contributed by atoms with E-state index in [4.69, 9.17) is 4.74 Å². The molecule has 0 aliphatic heterocycles. The zero-order valence-electron chi connectivity index (χ0n) is 17.4. The van der Waals surface area contributed by atoms with Crippen LogP contribution in [0.25, 0.3) is 0 Å². The second-order valence-electron chi connectivity index (χ2n) is 9.33. The van der Waals surface area contributed by atoms with Crippen molar-refractivity contribution in [3.63, 3.8) is 0 Å². The zero-order valence-corrected chi connectivity index (χ0v) is 17.4. The summed E-state index contributed by atoms with van der Waals surface area (Å²) in [4.78, 5) is 0. The fourth-order valence-corrected chi connectivity index (χ4v) is 3.63. The summed E-state index contributed by atoms with van der Waals surface area (Å²) in [5.74, 6) is 1.21. The van der Waals surface area contributed by atoms with Gasteiger partial charge in [0.05, 0.1) is 5.76 Å². The van der Waals surface area contributed by atoms with Gasteiger partial charge in [-0.2, -0.15) is 0 Å². The van der Waals surface area contributed by atoms with Gasteiger partial charge in [0.25, 0.3) is 0 Å². The molecule has 1 fully saturated rings. The largest absolute Gasteiger partial charge is 0.487 e. The Balaban J connectivity index is 2.02. The molecule has 0 amide bonds. The molecule has 1 heteroatoms. The fourth-order valence-electron chi connectivity index (χ4n) is 3.63. The Kier molecular flexibility index (Phi) is 7.40. The van der Waals surface area contributed by atoms with Gasteiger partial charge in [0.15, 0.2) is 0 Å². The summed E-state index contributed by atoms with van der Waals surface area (Å²) in [6.45, 7) is 11.5. The van der Waals surface area contributed by atoms with Crippen LogP contribution in [0.15, 0.2) is 35.1 Å². The van der Waals surface area contributed by atoms with Crippen molar-refractivity contribution in [3.8, 4) is 0 Å². The van der Waals surface area contributed by atoms with E-state index in [2.05, 4.69) is 52.8 Å². The Hall–Kier alpha value is -0.980. The topological polar surface area (TPSA) is 9.23 Å². The second kappa shape index (κ2) is 9.10. The third-order valence-corrected chi connectivity index (χ3v) is 5.45. The van der Waals surface area contributed by atoms with Gasteiger partial charge >= 0.3 is 0 Å². The number of unbranched alkanes of at least 4 members (excludes halogenated alkanes) is 4. The first-order valence-corrected chi connectivity index (χ1v) is 10.6. The summed E-state index contributed by atoms with van der Waals surface area (Å²) in [5.41, 5.74) is 3.38. The lowest BCUT2D eigenvalue weighted by molar-refractivity contribution is 0.112. The van der Waals surface area contributed by atoms with Gasteiger partial charge in [-0.1, -0.05) is 64.7 Å². The highest BCUT2D eigenvalue weighted by Gasteiger charge is 2.48. The summed E-state index contributed by atoms with van der Waals surface area (Å²) in [6, 6.07) is 0. The molecule has 0 radical (unpaired) electrons. The van der Waals surface area contributed by atoms with Crippen molar-refractivity contribution in [2.75, 3.05) is 0 Å². The van der Waals surface area contributed by atoms with E-state index in [-0.39, 0.29) is 5.60 Å². The third-order valence-electron chi connectivity index (χ3n) is 5.45. The van der Waals surface area contributed by atoms with Crippen molar-refractivity contribution in [3.05, 3.63) is 35.1 Å². The Morgan fingerprint density at radius 1 is 1.20 bits per heavy atom. The van der Waals surface area contributed by atoms with Crippen molar-refractivity contribution in [1.29, 1.82) is 0 Å². The molecule has 0 unspecified atom stereocenters. The molecule has 0 atom stereocenters. The second-order valence-corrected chi connectivity index (χ2v) is 9.33. The van der Waals surface area contributed by atoms with Crippen LogP contribution < -0.4 is 0 Å². The van der Waals surface area contributed by atoms with Crippen LogP contribution in [0.4, 0.5) is 0 Å². The van der Waals surface area contributed by atoms with Gasteiger partial charge in [-0.15, -0.1) is 0 Å². The molecule has 2 rings (SSSR count). The molecule has 0 aromatic carbocycles. The molecule has 0 aromatic rings. The molecule has 0 N–H and O–H groups in total. The van der Waals surface area contributed by atoms with Crippen molar-refractivity contribution < 1.29 is 4.74 Å². The van der Waals surface area contributed by atoms with Gasteiger partial charge in [-0.25, -0.2) is 0 Å². The maximum atomic E-state index is 6.62. The number of rotatable bonds is 10. The first-order chi connectivity index (χ1) is 11.8. The highest BCUT2D eigenvalue weighted by molar-refractivity contribution is 5.30. The molecular weight excluding hydrogens is 304 g/mol. The van der Waals surface area contributed by atoms with E-state index in [1.165, 1.54) is 69.1 Å².